The molecule has 0 aliphatic heterocycles. The Balaban J connectivity index is 2.67. The monoisotopic (exact) mass is 256 g/mol. The predicted molar refractivity (Wildman–Crippen MR) is 61.2 cm³/mol. The molecule has 2 aromatic carbocycles. The first-order valence-electron chi connectivity index (χ1n) is 4.74. The van der Waals surface area contributed by atoms with Crippen LogP contribution in [0.15, 0.2) is 41.3 Å². The Hall–Kier alpha value is -1.49. The molecule has 0 aromatic heterocycles. The maximum Gasteiger partial charge on any atom is 0.446 e. The number of carbonyl (C=O) groups excluding carboxylic acids is 1. The van der Waals surface area contributed by atoms with Crippen LogP contribution in [0.1, 0.15) is 10.4 Å². The molecule has 0 saturated heterocycles. The number of benzene rings is 2. The summed E-state index contributed by atoms with van der Waals surface area (Å²) in [4.78, 5) is 10.7. The zero-order chi connectivity index (χ0) is 12.5. The molecule has 0 aliphatic rings. The van der Waals surface area contributed by atoms with Gasteiger partial charge < -0.3 is 0 Å². The summed E-state index contributed by atoms with van der Waals surface area (Å²) >= 11 is -0.250. The van der Waals surface area contributed by atoms with Gasteiger partial charge in [-0.2, -0.15) is 13.2 Å². The summed E-state index contributed by atoms with van der Waals surface area (Å²) in [6.45, 7) is 0. The number of aldehydes is 1. The van der Waals surface area contributed by atoms with E-state index in [4.69, 9.17) is 0 Å². The zero-order valence-electron chi connectivity index (χ0n) is 8.49. The van der Waals surface area contributed by atoms with Crippen molar-refractivity contribution in [1.29, 1.82) is 0 Å². The Labute approximate surface area is 99.6 Å². The molecule has 2 rings (SSSR count). The van der Waals surface area contributed by atoms with Crippen LogP contribution in [0, 0.1) is 0 Å². The minimum atomic E-state index is -4.40. The topological polar surface area (TPSA) is 17.1 Å². The highest BCUT2D eigenvalue weighted by Crippen LogP contribution is 2.41. The number of hydrogen-bond donors (Lipinski definition) is 0. The Morgan fingerprint density at radius 1 is 1.06 bits per heavy atom. The molecular weight excluding hydrogens is 249 g/mol. The maximum absolute atomic E-state index is 12.4. The molecule has 88 valence electrons. The van der Waals surface area contributed by atoms with Crippen molar-refractivity contribution >= 4 is 28.8 Å². The SMILES string of the molecule is O=Cc1ccc2ccccc2c1SC(F)(F)F. The molecule has 0 bridgehead atoms. The first-order valence-corrected chi connectivity index (χ1v) is 5.55. The fraction of sp³-hybridized carbons (Fsp3) is 0.0833. The van der Waals surface area contributed by atoms with Gasteiger partial charge in [-0.15, -0.1) is 0 Å². The quantitative estimate of drug-likeness (QED) is 0.589. The summed E-state index contributed by atoms with van der Waals surface area (Å²) in [6, 6.07) is 9.73. The minimum absolute atomic E-state index is 0.0365. The Kier molecular flexibility index (Phi) is 3.11. The van der Waals surface area contributed by atoms with Crippen molar-refractivity contribution in [3.63, 3.8) is 0 Å². The van der Waals surface area contributed by atoms with E-state index >= 15 is 0 Å². The van der Waals surface area contributed by atoms with E-state index in [0.29, 0.717) is 17.1 Å². The number of rotatable bonds is 2. The largest absolute Gasteiger partial charge is 0.446 e. The summed E-state index contributed by atoms with van der Waals surface area (Å²) in [5, 5.41) is 1.13. The van der Waals surface area contributed by atoms with Crippen molar-refractivity contribution in [1.82, 2.24) is 0 Å². The highest BCUT2D eigenvalue weighted by atomic mass is 32.2. The number of fused-ring (bicyclic) bond motifs is 1. The molecule has 0 spiro atoms. The first-order chi connectivity index (χ1) is 8.01. The lowest BCUT2D eigenvalue weighted by molar-refractivity contribution is -0.0327. The molecule has 2 aromatic rings. The highest BCUT2D eigenvalue weighted by Gasteiger charge is 2.31. The van der Waals surface area contributed by atoms with E-state index in [1.54, 1.807) is 30.3 Å². The Morgan fingerprint density at radius 3 is 2.41 bits per heavy atom. The average molecular weight is 256 g/mol. The Morgan fingerprint density at radius 2 is 1.76 bits per heavy atom. The van der Waals surface area contributed by atoms with E-state index in [2.05, 4.69) is 0 Å². The highest BCUT2D eigenvalue weighted by molar-refractivity contribution is 8.00. The number of thioether (sulfide) groups is 1. The lowest BCUT2D eigenvalue weighted by Gasteiger charge is -2.10. The van der Waals surface area contributed by atoms with E-state index in [1.165, 1.54) is 6.07 Å². The third-order valence-corrected chi connectivity index (χ3v) is 3.15. The van der Waals surface area contributed by atoms with Gasteiger partial charge >= 0.3 is 5.51 Å². The van der Waals surface area contributed by atoms with Crippen LogP contribution in [-0.2, 0) is 0 Å². The summed E-state index contributed by atoms with van der Waals surface area (Å²) in [5.74, 6) is 0. The predicted octanol–water partition coefficient (Wildman–Crippen LogP) is 4.26. The van der Waals surface area contributed by atoms with Gasteiger partial charge in [0.25, 0.3) is 0 Å². The van der Waals surface area contributed by atoms with Gasteiger partial charge in [0.2, 0.25) is 0 Å². The van der Waals surface area contributed by atoms with Gasteiger partial charge in [-0.05, 0) is 28.6 Å². The van der Waals surface area contributed by atoms with Crippen LogP contribution in [0.4, 0.5) is 13.2 Å². The van der Waals surface area contributed by atoms with Crippen LogP contribution >= 0.6 is 11.8 Å². The van der Waals surface area contributed by atoms with Gasteiger partial charge in [-0.1, -0.05) is 30.3 Å². The fourth-order valence-corrected chi connectivity index (χ4v) is 2.34. The van der Waals surface area contributed by atoms with E-state index in [1.807, 2.05) is 0 Å². The maximum atomic E-state index is 12.4. The summed E-state index contributed by atoms with van der Waals surface area (Å²) in [5.41, 5.74) is -4.34. The van der Waals surface area contributed by atoms with Gasteiger partial charge in [0.05, 0.1) is 0 Å². The zero-order valence-corrected chi connectivity index (χ0v) is 9.31. The van der Waals surface area contributed by atoms with Gasteiger partial charge in [-0.3, -0.25) is 4.79 Å². The van der Waals surface area contributed by atoms with Crippen molar-refractivity contribution in [2.45, 2.75) is 10.4 Å². The molecule has 5 heteroatoms. The molecule has 0 amide bonds. The molecule has 0 saturated carbocycles. The summed E-state index contributed by atoms with van der Waals surface area (Å²) in [6.07, 6.45) is 0.445. The van der Waals surface area contributed by atoms with E-state index in [0.717, 1.165) is 0 Å². The molecule has 0 aliphatic carbocycles. The molecule has 0 unspecified atom stereocenters. The second-order valence-corrected chi connectivity index (χ2v) is 4.45. The van der Waals surface area contributed by atoms with Gasteiger partial charge in [-0.25, -0.2) is 0 Å². The van der Waals surface area contributed by atoms with Crippen LogP contribution in [0.3, 0.4) is 0 Å². The molecule has 0 fully saturated rings. The number of hydrogen-bond acceptors (Lipinski definition) is 2. The molecule has 0 atom stereocenters. The minimum Gasteiger partial charge on any atom is -0.298 e. The normalized spacial score (nSPS) is 11.7. The van der Waals surface area contributed by atoms with E-state index < -0.39 is 5.51 Å². The summed E-state index contributed by atoms with van der Waals surface area (Å²) in [7, 11) is 0. The second-order valence-electron chi connectivity index (χ2n) is 3.37. The molecular formula is C12H7F3OS. The average Bonchev–Trinajstić information content (AvgIpc) is 2.28. The molecule has 0 radical (unpaired) electrons. The van der Waals surface area contributed by atoms with Crippen LogP contribution in [0.2, 0.25) is 0 Å². The van der Waals surface area contributed by atoms with Crippen LogP contribution in [0.5, 0.6) is 0 Å². The molecule has 17 heavy (non-hydrogen) atoms. The number of halogens is 3. The smallest absolute Gasteiger partial charge is 0.298 e. The third kappa shape index (κ3) is 2.61. The van der Waals surface area contributed by atoms with Crippen molar-refractivity contribution in [2.24, 2.45) is 0 Å². The van der Waals surface area contributed by atoms with Crippen molar-refractivity contribution in [3.05, 3.63) is 42.0 Å². The van der Waals surface area contributed by atoms with Crippen LogP contribution < -0.4 is 0 Å². The second kappa shape index (κ2) is 4.41. The van der Waals surface area contributed by atoms with Crippen molar-refractivity contribution in [3.8, 4) is 0 Å². The van der Waals surface area contributed by atoms with Crippen molar-refractivity contribution in [2.75, 3.05) is 0 Å². The molecule has 1 nitrogen and oxygen atoms in total. The third-order valence-electron chi connectivity index (χ3n) is 2.25. The van der Waals surface area contributed by atoms with Crippen molar-refractivity contribution < 1.29 is 18.0 Å². The van der Waals surface area contributed by atoms with Crippen LogP contribution in [-0.4, -0.2) is 11.8 Å². The van der Waals surface area contributed by atoms with Crippen LogP contribution in [0.25, 0.3) is 10.8 Å². The molecule has 0 heterocycles. The van der Waals surface area contributed by atoms with E-state index in [-0.39, 0.29) is 22.2 Å². The lowest BCUT2D eigenvalue weighted by Crippen LogP contribution is -2.01. The van der Waals surface area contributed by atoms with Gasteiger partial charge in [0.15, 0.2) is 6.29 Å². The summed E-state index contributed by atoms with van der Waals surface area (Å²) < 4.78 is 37.3. The van der Waals surface area contributed by atoms with Gasteiger partial charge in [0, 0.05) is 10.5 Å². The Bertz CT molecular complexity index is 563. The standard InChI is InChI=1S/C12H7F3OS/c13-12(14,15)17-11-9(7-16)6-5-8-3-1-2-4-10(8)11/h1-7H. The number of carbonyl (C=O) groups is 1. The first kappa shape index (κ1) is 12.0. The lowest BCUT2D eigenvalue weighted by atomic mass is 10.1. The van der Waals surface area contributed by atoms with E-state index in [9.17, 15) is 18.0 Å². The number of alkyl halides is 3. The molecule has 0 N–H and O–H groups in total. The van der Waals surface area contributed by atoms with Gasteiger partial charge in [0.1, 0.15) is 0 Å². The fourth-order valence-electron chi connectivity index (χ4n) is 1.58.